The standard InChI is InChI=1S/C11H10Cl2O3/c1-2-6-7(12)3-4-8(10(6)13)16-11(14)9-5-15-9/h3-4,9H,2,5H2,1H3. The van der Waals surface area contributed by atoms with Gasteiger partial charge in [-0.2, -0.15) is 0 Å². The molecule has 1 aromatic rings. The van der Waals surface area contributed by atoms with E-state index in [2.05, 4.69) is 0 Å². The molecular formula is C11H10Cl2O3. The first kappa shape index (κ1) is 11.7. The van der Waals surface area contributed by atoms with E-state index in [4.69, 9.17) is 32.7 Å². The van der Waals surface area contributed by atoms with Gasteiger partial charge in [0.05, 0.1) is 11.6 Å². The number of ether oxygens (including phenoxy) is 2. The van der Waals surface area contributed by atoms with E-state index in [1.54, 1.807) is 12.1 Å². The minimum absolute atomic E-state index is 0.336. The maximum Gasteiger partial charge on any atom is 0.343 e. The summed E-state index contributed by atoms with van der Waals surface area (Å²) in [5.41, 5.74) is 0.783. The van der Waals surface area contributed by atoms with E-state index in [0.29, 0.717) is 28.8 Å². The lowest BCUT2D eigenvalue weighted by atomic mass is 10.1. The second-order valence-electron chi connectivity index (χ2n) is 3.43. The molecule has 3 nitrogen and oxygen atoms in total. The molecule has 5 heteroatoms. The van der Waals surface area contributed by atoms with Crippen LogP contribution in [0, 0.1) is 0 Å². The highest BCUT2D eigenvalue weighted by atomic mass is 35.5. The predicted octanol–water partition coefficient (Wildman–Crippen LogP) is 2.86. The largest absolute Gasteiger partial charge is 0.423 e. The molecule has 86 valence electrons. The Morgan fingerprint density at radius 3 is 2.81 bits per heavy atom. The Kier molecular flexibility index (Phi) is 3.38. The summed E-state index contributed by atoms with van der Waals surface area (Å²) in [6.45, 7) is 2.35. The smallest absolute Gasteiger partial charge is 0.343 e. The fourth-order valence-corrected chi connectivity index (χ4v) is 2.01. The van der Waals surface area contributed by atoms with E-state index in [9.17, 15) is 4.79 Å². The zero-order valence-corrected chi connectivity index (χ0v) is 10.1. The molecule has 0 saturated carbocycles. The fraction of sp³-hybridized carbons (Fsp3) is 0.364. The molecule has 0 bridgehead atoms. The Balaban J connectivity index is 2.23. The van der Waals surface area contributed by atoms with Gasteiger partial charge in [-0.05, 0) is 24.1 Å². The molecule has 1 aliphatic heterocycles. The lowest BCUT2D eigenvalue weighted by molar-refractivity contribution is -0.135. The Morgan fingerprint density at radius 2 is 2.25 bits per heavy atom. The Bertz CT molecular complexity index is 427. The van der Waals surface area contributed by atoms with Crippen molar-refractivity contribution in [1.29, 1.82) is 0 Å². The Labute approximate surface area is 103 Å². The van der Waals surface area contributed by atoms with Crippen LogP contribution in [0.15, 0.2) is 12.1 Å². The molecule has 1 aromatic carbocycles. The molecule has 0 amide bonds. The van der Waals surface area contributed by atoms with E-state index < -0.39 is 12.1 Å². The lowest BCUT2D eigenvalue weighted by Gasteiger charge is -2.09. The molecule has 0 N–H and O–H groups in total. The van der Waals surface area contributed by atoms with Gasteiger partial charge in [-0.1, -0.05) is 30.1 Å². The summed E-state index contributed by atoms with van der Waals surface area (Å²) in [4.78, 5) is 11.4. The van der Waals surface area contributed by atoms with Crippen LogP contribution in [0.1, 0.15) is 12.5 Å². The highest BCUT2D eigenvalue weighted by Crippen LogP contribution is 2.34. The van der Waals surface area contributed by atoms with Crippen molar-refractivity contribution in [2.24, 2.45) is 0 Å². The minimum Gasteiger partial charge on any atom is -0.423 e. The first-order valence-electron chi connectivity index (χ1n) is 4.93. The normalized spacial score (nSPS) is 18.3. The minimum atomic E-state index is -0.433. The third kappa shape index (κ3) is 2.32. The van der Waals surface area contributed by atoms with Crippen LogP contribution in [0.4, 0.5) is 0 Å². The molecule has 2 rings (SSSR count). The monoisotopic (exact) mass is 260 g/mol. The van der Waals surface area contributed by atoms with Crippen molar-refractivity contribution >= 4 is 29.2 Å². The third-order valence-corrected chi connectivity index (χ3v) is 3.08. The molecule has 0 aliphatic carbocycles. The van der Waals surface area contributed by atoms with Crippen molar-refractivity contribution in [2.75, 3.05) is 6.61 Å². The number of hydrogen-bond acceptors (Lipinski definition) is 3. The van der Waals surface area contributed by atoms with Gasteiger partial charge in [0, 0.05) is 5.02 Å². The van der Waals surface area contributed by atoms with Crippen LogP contribution < -0.4 is 4.74 Å². The van der Waals surface area contributed by atoms with Crippen molar-refractivity contribution < 1.29 is 14.3 Å². The van der Waals surface area contributed by atoms with Gasteiger partial charge in [-0.15, -0.1) is 0 Å². The van der Waals surface area contributed by atoms with Crippen LogP contribution in [-0.4, -0.2) is 18.7 Å². The molecule has 0 aromatic heterocycles. The predicted molar refractivity (Wildman–Crippen MR) is 61.2 cm³/mol. The number of esters is 1. The van der Waals surface area contributed by atoms with Gasteiger partial charge in [0.1, 0.15) is 5.75 Å². The van der Waals surface area contributed by atoms with E-state index >= 15 is 0 Å². The zero-order chi connectivity index (χ0) is 11.7. The summed E-state index contributed by atoms with van der Waals surface area (Å²) in [5, 5.41) is 0.971. The Hall–Kier alpha value is -0.770. The molecule has 16 heavy (non-hydrogen) atoms. The van der Waals surface area contributed by atoms with E-state index in [0.717, 1.165) is 5.56 Å². The van der Waals surface area contributed by atoms with Crippen molar-refractivity contribution in [3.05, 3.63) is 27.7 Å². The van der Waals surface area contributed by atoms with Crippen molar-refractivity contribution in [3.63, 3.8) is 0 Å². The topological polar surface area (TPSA) is 38.8 Å². The van der Waals surface area contributed by atoms with E-state index in [1.807, 2.05) is 6.92 Å². The first-order chi connectivity index (χ1) is 7.63. The molecule has 0 radical (unpaired) electrons. The van der Waals surface area contributed by atoms with Crippen molar-refractivity contribution in [2.45, 2.75) is 19.4 Å². The number of epoxide rings is 1. The molecule has 0 spiro atoms. The number of carbonyl (C=O) groups is 1. The van der Waals surface area contributed by atoms with Crippen LogP contribution in [0.2, 0.25) is 10.0 Å². The van der Waals surface area contributed by atoms with Gasteiger partial charge < -0.3 is 9.47 Å². The van der Waals surface area contributed by atoms with Crippen LogP contribution in [0.3, 0.4) is 0 Å². The summed E-state index contributed by atoms with van der Waals surface area (Å²) in [6, 6.07) is 3.26. The van der Waals surface area contributed by atoms with E-state index in [-0.39, 0.29) is 0 Å². The van der Waals surface area contributed by atoms with Crippen LogP contribution >= 0.6 is 23.2 Å². The lowest BCUT2D eigenvalue weighted by Crippen LogP contribution is -2.15. The molecule has 1 heterocycles. The van der Waals surface area contributed by atoms with Gasteiger partial charge in [-0.25, -0.2) is 4.79 Å². The summed E-state index contributed by atoms with van der Waals surface area (Å²) >= 11 is 12.0. The summed E-state index contributed by atoms with van der Waals surface area (Å²) in [6.07, 6.45) is 0.250. The Morgan fingerprint density at radius 1 is 1.56 bits per heavy atom. The number of hydrogen-bond donors (Lipinski definition) is 0. The van der Waals surface area contributed by atoms with Gasteiger partial charge in [0.15, 0.2) is 6.10 Å². The summed E-state index contributed by atoms with van der Waals surface area (Å²) in [7, 11) is 0. The first-order valence-corrected chi connectivity index (χ1v) is 5.69. The maximum atomic E-state index is 11.4. The molecule has 1 unspecified atom stereocenters. The number of halogens is 2. The van der Waals surface area contributed by atoms with Crippen LogP contribution in [0.5, 0.6) is 5.75 Å². The molecule has 1 atom stereocenters. The zero-order valence-electron chi connectivity index (χ0n) is 8.63. The van der Waals surface area contributed by atoms with Gasteiger partial charge in [0.2, 0.25) is 0 Å². The van der Waals surface area contributed by atoms with E-state index in [1.165, 1.54) is 0 Å². The second kappa shape index (κ2) is 4.62. The number of rotatable bonds is 3. The second-order valence-corrected chi connectivity index (χ2v) is 4.22. The highest BCUT2D eigenvalue weighted by Gasteiger charge is 2.33. The average molecular weight is 261 g/mol. The van der Waals surface area contributed by atoms with Crippen LogP contribution in [-0.2, 0) is 16.0 Å². The SMILES string of the molecule is CCc1c(Cl)ccc(OC(=O)C2CO2)c1Cl. The fourth-order valence-electron chi connectivity index (χ4n) is 1.34. The van der Waals surface area contributed by atoms with Crippen LogP contribution in [0.25, 0.3) is 0 Å². The molecular weight excluding hydrogens is 251 g/mol. The molecule has 1 saturated heterocycles. The van der Waals surface area contributed by atoms with Crippen molar-refractivity contribution in [3.8, 4) is 5.75 Å². The third-order valence-electron chi connectivity index (χ3n) is 2.31. The quantitative estimate of drug-likeness (QED) is 0.477. The maximum absolute atomic E-state index is 11.4. The average Bonchev–Trinajstić information content (AvgIpc) is 3.06. The summed E-state index contributed by atoms with van der Waals surface area (Å²) < 4.78 is 9.93. The van der Waals surface area contributed by atoms with Gasteiger partial charge in [-0.3, -0.25) is 0 Å². The molecule has 1 fully saturated rings. The molecule has 1 aliphatic rings. The van der Waals surface area contributed by atoms with Gasteiger partial charge in [0.25, 0.3) is 0 Å². The summed E-state index contributed by atoms with van der Waals surface area (Å²) in [5.74, 6) is -0.0744. The van der Waals surface area contributed by atoms with Crippen molar-refractivity contribution in [1.82, 2.24) is 0 Å². The number of carbonyl (C=O) groups excluding carboxylic acids is 1. The number of benzene rings is 1. The highest BCUT2D eigenvalue weighted by molar-refractivity contribution is 6.37. The van der Waals surface area contributed by atoms with Gasteiger partial charge >= 0.3 is 5.97 Å².